The van der Waals surface area contributed by atoms with Gasteiger partial charge in [-0.2, -0.15) is 0 Å². The van der Waals surface area contributed by atoms with Crippen molar-refractivity contribution in [1.29, 1.82) is 0 Å². The maximum atomic E-state index is 11.7. The van der Waals surface area contributed by atoms with Gasteiger partial charge in [0.2, 0.25) is 0 Å². The second-order valence-electron chi connectivity index (χ2n) is 5.19. The SMILES string of the molecule is CC(C)(C)OC(=O)Nc1ccnc2ccc(O)cc12. The van der Waals surface area contributed by atoms with Crippen molar-refractivity contribution in [3.8, 4) is 5.75 Å². The lowest BCUT2D eigenvalue weighted by atomic mass is 10.2. The number of carbonyl (C=O) groups excluding carboxylic acids is 1. The zero-order valence-electron chi connectivity index (χ0n) is 11.1. The number of rotatable bonds is 1. The molecule has 0 aliphatic rings. The number of benzene rings is 1. The predicted molar refractivity (Wildman–Crippen MR) is 73.3 cm³/mol. The molecule has 0 saturated carbocycles. The number of anilines is 1. The third-order valence-corrected chi connectivity index (χ3v) is 2.36. The van der Waals surface area contributed by atoms with E-state index in [9.17, 15) is 9.90 Å². The van der Waals surface area contributed by atoms with Gasteiger partial charge in [-0.3, -0.25) is 10.3 Å². The van der Waals surface area contributed by atoms with Crippen LogP contribution in [-0.4, -0.2) is 21.8 Å². The molecule has 0 aliphatic heterocycles. The summed E-state index contributed by atoms with van der Waals surface area (Å²) in [5.74, 6) is 0.118. The fourth-order valence-corrected chi connectivity index (χ4v) is 1.66. The number of phenols is 1. The average molecular weight is 260 g/mol. The molecule has 0 fully saturated rings. The molecule has 0 saturated heterocycles. The molecule has 5 heteroatoms. The number of ether oxygens (including phenoxy) is 1. The Morgan fingerprint density at radius 1 is 1.32 bits per heavy atom. The van der Waals surface area contributed by atoms with E-state index in [1.54, 1.807) is 51.2 Å². The highest BCUT2D eigenvalue weighted by molar-refractivity contribution is 5.99. The van der Waals surface area contributed by atoms with Crippen LogP contribution in [0.1, 0.15) is 20.8 Å². The number of aromatic nitrogens is 1. The van der Waals surface area contributed by atoms with E-state index in [-0.39, 0.29) is 5.75 Å². The molecule has 5 nitrogen and oxygen atoms in total. The van der Waals surface area contributed by atoms with Crippen molar-refractivity contribution >= 4 is 22.7 Å². The molecule has 0 aliphatic carbocycles. The van der Waals surface area contributed by atoms with Crippen LogP contribution in [-0.2, 0) is 4.74 Å². The smallest absolute Gasteiger partial charge is 0.412 e. The van der Waals surface area contributed by atoms with Crippen LogP contribution in [0.5, 0.6) is 5.75 Å². The van der Waals surface area contributed by atoms with Crippen LogP contribution in [0.2, 0.25) is 0 Å². The Morgan fingerprint density at radius 2 is 2.05 bits per heavy atom. The fourth-order valence-electron chi connectivity index (χ4n) is 1.66. The topological polar surface area (TPSA) is 71.5 Å². The maximum Gasteiger partial charge on any atom is 0.412 e. The van der Waals surface area contributed by atoms with E-state index >= 15 is 0 Å². The molecule has 0 bridgehead atoms. The Kier molecular flexibility index (Phi) is 3.29. The fraction of sp³-hybridized carbons (Fsp3) is 0.286. The van der Waals surface area contributed by atoms with Gasteiger partial charge in [-0.05, 0) is 45.0 Å². The van der Waals surface area contributed by atoms with Gasteiger partial charge in [0.15, 0.2) is 0 Å². The first-order chi connectivity index (χ1) is 8.85. The summed E-state index contributed by atoms with van der Waals surface area (Å²) in [5.41, 5.74) is 0.677. The van der Waals surface area contributed by atoms with Crippen molar-refractivity contribution in [2.75, 3.05) is 5.32 Å². The van der Waals surface area contributed by atoms with Gasteiger partial charge < -0.3 is 9.84 Å². The third-order valence-electron chi connectivity index (χ3n) is 2.36. The number of nitrogens with one attached hydrogen (secondary N) is 1. The van der Waals surface area contributed by atoms with Gasteiger partial charge in [0.25, 0.3) is 0 Å². The number of fused-ring (bicyclic) bond motifs is 1. The molecule has 1 heterocycles. The van der Waals surface area contributed by atoms with E-state index in [0.717, 1.165) is 0 Å². The number of nitrogens with zero attached hydrogens (tertiary/aromatic N) is 1. The highest BCUT2D eigenvalue weighted by atomic mass is 16.6. The number of hydrogen-bond donors (Lipinski definition) is 2. The van der Waals surface area contributed by atoms with E-state index in [4.69, 9.17) is 4.74 Å². The van der Waals surface area contributed by atoms with Crippen molar-refractivity contribution in [1.82, 2.24) is 4.98 Å². The highest BCUT2D eigenvalue weighted by Gasteiger charge is 2.17. The summed E-state index contributed by atoms with van der Waals surface area (Å²) >= 11 is 0. The summed E-state index contributed by atoms with van der Waals surface area (Å²) in [6, 6.07) is 6.44. The minimum Gasteiger partial charge on any atom is -0.508 e. The molecule has 2 rings (SSSR count). The molecule has 0 atom stereocenters. The number of pyridine rings is 1. The van der Waals surface area contributed by atoms with Gasteiger partial charge in [0.1, 0.15) is 11.4 Å². The molecule has 1 aromatic heterocycles. The Hall–Kier alpha value is -2.30. The minimum absolute atomic E-state index is 0.118. The van der Waals surface area contributed by atoms with Crippen LogP contribution in [0.25, 0.3) is 10.9 Å². The molecule has 1 amide bonds. The normalized spacial score (nSPS) is 11.3. The predicted octanol–water partition coefficient (Wildman–Crippen LogP) is 3.29. The first-order valence-corrected chi connectivity index (χ1v) is 5.93. The lowest BCUT2D eigenvalue weighted by molar-refractivity contribution is 0.0636. The second-order valence-corrected chi connectivity index (χ2v) is 5.19. The Morgan fingerprint density at radius 3 is 2.74 bits per heavy atom. The summed E-state index contributed by atoms with van der Waals surface area (Å²) in [7, 11) is 0. The van der Waals surface area contributed by atoms with E-state index in [1.165, 1.54) is 0 Å². The molecule has 2 aromatic rings. The summed E-state index contributed by atoms with van der Waals surface area (Å²) in [6.07, 6.45) is 1.05. The van der Waals surface area contributed by atoms with Crippen LogP contribution in [0, 0.1) is 0 Å². The monoisotopic (exact) mass is 260 g/mol. The Balaban J connectivity index is 2.30. The number of carbonyl (C=O) groups is 1. The van der Waals surface area contributed by atoms with Crippen molar-refractivity contribution in [3.05, 3.63) is 30.5 Å². The quantitative estimate of drug-likeness (QED) is 0.825. The van der Waals surface area contributed by atoms with E-state index < -0.39 is 11.7 Å². The van der Waals surface area contributed by atoms with Crippen LogP contribution < -0.4 is 5.32 Å². The van der Waals surface area contributed by atoms with Crippen LogP contribution in [0.3, 0.4) is 0 Å². The number of aromatic hydroxyl groups is 1. The van der Waals surface area contributed by atoms with Gasteiger partial charge in [-0.1, -0.05) is 0 Å². The van der Waals surface area contributed by atoms with Gasteiger partial charge in [0.05, 0.1) is 11.2 Å². The first kappa shape index (κ1) is 13.1. The van der Waals surface area contributed by atoms with E-state index in [1.807, 2.05) is 0 Å². The summed E-state index contributed by atoms with van der Waals surface area (Å²) in [6.45, 7) is 5.38. The molecule has 1 aromatic carbocycles. The van der Waals surface area contributed by atoms with E-state index in [0.29, 0.717) is 16.6 Å². The number of phenolic OH excluding ortho intramolecular Hbond substituents is 1. The zero-order chi connectivity index (χ0) is 14.0. The summed E-state index contributed by atoms with van der Waals surface area (Å²) in [5, 5.41) is 12.8. The van der Waals surface area contributed by atoms with Crippen molar-refractivity contribution in [3.63, 3.8) is 0 Å². The molecular formula is C14H16N2O3. The standard InChI is InChI=1S/C14H16N2O3/c1-14(2,3)19-13(18)16-12-6-7-15-11-5-4-9(17)8-10(11)12/h4-8,17H,1-3H3,(H,15,16,18). The molecule has 2 N–H and O–H groups in total. The van der Waals surface area contributed by atoms with Crippen molar-refractivity contribution in [2.24, 2.45) is 0 Å². The second kappa shape index (κ2) is 4.76. The zero-order valence-corrected chi connectivity index (χ0v) is 11.1. The minimum atomic E-state index is -0.560. The highest BCUT2D eigenvalue weighted by Crippen LogP contribution is 2.25. The Bertz CT molecular complexity index is 618. The lowest BCUT2D eigenvalue weighted by Crippen LogP contribution is -2.27. The molecule has 0 spiro atoms. The average Bonchev–Trinajstić information content (AvgIpc) is 2.27. The van der Waals surface area contributed by atoms with Crippen LogP contribution >= 0.6 is 0 Å². The molecule has 100 valence electrons. The number of amides is 1. The molecule has 0 unspecified atom stereocenters. The maximum absolute atomic E-state index is 11.7. The van der Waals surface area contributed by atoms with Gasteiger partial charge in [-0.15, -0.1) is 0 Å². The molecule has 19 heavy (non-hydrogen) atoms. The molecular weight excluding hydrogens is 244 g/mol. The van der Waals surface area contributed by atoms with Crippen LogP contribution in [0.15, 0.2) is 30.5 Å². The van der Waals surface area contributed by atoms with Crippen molar-refractivity contribution in [2.45, 2.75) is 26.4 Å². The van der Waals surface area contributed by atoms with E-state index in [2.05, 4.69) is 10.3 Å². The summed E-state index contributed by atoms with van der Waals surface area (Å²) in [4.78, 5) is 15.9. The Labute approximate surface area is 111 Å². The third kappa shape index (κ3) is 3.34. The summed E-state index contributed by atoms with van der Waals surface area (Å²) < 4.78 is 5.19. The van der Waals surface area contributed by atoms with Crippen LogP contribution in [0.4, 0.5) is 10.5 Å². The largest absolute Gasteiger partial charge is 0.508 e. The van der Waals surface area contributed by atoms with Gasteiger partial charge >= 0.3 is 6.09 Å². The lowest BCUT2D eigenvalue weighted by Gasteiger charge is -2.20. The first-order valence-electron chi connectivity index (χ1n) is 5.93. The number of hydrogen-bond acceptors (Lipinski definition) is 4. The van der Waals surface area contributed by atoms with Gasteiger partial charge in [-0.25, -0.2) is 4.79 Å². The van der Waals surface area contributed by atoms with Gasteiger partial charge in [0, 0.05) is 11.6 Å². The van der Waals surface area contributed by atoms with Crippen molar-refractivity contribution < 1.29 is 14.6 Å². The molecule has 0 radical (unpaired) electrons.